The number of fused-ring (bicyclic) bond motifs is 1. The number of nitrogens with one attached hydrogen (secondary N) is 1. The molecule has 2 aromatic carbocycles. The van der Waals surface area contributed by atoms with Gasteiger partial charge in [-0.2, -0.15) is 4.98 Å². The lowest BCUT2D eigenvalue weighted by molar-refractivity contribution is 0.187. The summed E-state index contributed by atoms with van der Waals surface area (Å²) in [6.07, 6.45) is 2.40. The Kier molecular flexibility index (Phi) is 7.47. The number of anilines is 3. The van der Waals surface area contributed by atoms with Crippen molar-refractivity contribution in [2.75, 3.05) is 22.6 Å². The molecule has 3 heterocycles. The molecule has 0 aliphatic carbocycles. The van der Waals surface area contributed by atoms with E-state index in [9.17, 15) is 5.11 Å². The maximum atomic E-state index is 11.4. The number of aliphatic hydroxyl groups excluding tert-OH is 1. The number of aromatic nitrogens is 3. The first-order valence-electron chi connectivity index (χ1n) is 11.5. The summed E-state index contributed by atoms with van der Waals surface area (Å²) in [5.41, 5.74) is 8.66. The number of amidine groups is 1. The van der Waals surface area contributed by atoms with Crippen molar-refractivity contribution in [1.29, 1.82) is 0 Å². The molecule has 4 aromatic rings. The highest BCUT2D eigenvalue weighted by Crippen LogP contribution is 2.43. The lowest BCUT2D eigenvalue weighted by Crippen LogP contribution is -2.37. The van der Waals surface area contributed by atoms with Crippen molar-refractivity contribution in [1.82, 2.24) is 15.0 Å². The van der Waals surface area contributed by atoms with E-state index >= 15 is 0 Å². The highest BCUT2D eigenvalue weighted by Gasteiger charge is 2.32. The molecular weight excluding hydrogens is 530 g/mol. The molecule has 37 heavy (non-hydrogen) atoms. The van der Waals surface area contributed by atoms with Crippen LogP contribution >= 0.6 is 34.7 Å². The van der Waals surface area contributed by atoms with Crippen molar-refractivity contribution in [2.45, 2.75) is 25.4 Å². The van der Waals surface area contributed by atoms with Crippen LogP contribution in [0.1, 0.15) is 25.6 Å². The van der Waals surface area contributed by atoms with Gasteiger partial charge in [0.1, 0.15) is 5.82 Å². The second-order valence-corrected chi connectivity index (χ2v) is 10.7. The number of halogens is 1. The minimum Gasteiger partial charge on any atom is -0.470 e. The molecule has 2 atom stereocenters. The van der Waals surface area contributed by atoms with Crippen LogP contribution in [0.2, 0.25) is 5.02 Å². The molecule has 4 N–H and O–H groups in total. The number of thiazole rings is 1. The third-order valence-corrected chi connectivity index (χ3v) is 7.68. The standard InChI is InChI=1S/C25H24ClN7O2S2/c1-3-35-25-29-13-19(37-25)16-12-28-23(27)32-21(16)30-14(2)36-24-31-18-11-7-10-17(26)20(18)22(34)33(24)15-8-5-4-6-9-15/h4-14,22,34H,3H2,1-2H3,(H3,27,28,30,32)/t14-,22?/m1/s1. The molecule has 0 bridgehead atoms. The summed E-state index contributed by atoms with van der Waals surface area (Å²) in [6.45, 7) is 4.43. The maximum absolute atomic E-state index is 11.4. The van der Waals surface area contributed by atoms with Gasteiger partial charge in [0, 0.05) is 23.6 Å². The normalized spacial score (nSPS) is 15.6. The summed E-state index contributed by atoms with van der Waals surface area (Å²) in [7, 11) is 0. The molecule has 0 saturated heterocycles. The lowest BCUT2D eigenvalue weighted by Gasteiger charge is -2.36. The van der Waals surface area contributed by atoms with E-state index in [1.165, 1.54) is 23.1 Å². The van der Waals surface area contributed by atoms with Gasteiger partial charge < -0.3 is 20.9 Å². The Hall–Kier alpha value is -3.38. The second kappa shape index (κ2) is 10.9. The topological polar surface area (TPSA) is 122 Å². The van der Waals surface area contributed by atoms with Crippen LogP contribution in [0.4, 0.5) is 23.1 Å². The number of hydrogen-bond donors (Lipinski definition) is 3. The maximum Gasteiger partial charge on any atom is 0.273 e. The van der Waals surface area contributed by atoms with Gasteiger partial charge in [0.15, 0.2) is 11.4 Å². The molecule has 2 aromatic heterocycles. The van der Waals surface area contributed by atoms with Gasteiger partial charge in [-0.15, -0.1) is 0 Å². The Morgan fingerprint density at radius 1 is 1.19 bits per heavy atom. The molecule has 9 nitrogen and oxygen atoms in total. The molecule has 0 amide bonds. The third kappa shape index (κ3) is 5.35. The first kappa shape index (κ1) is 25.3. The van der Waals surface area contributed by atoms with E-state index < -0.39 is 6.23 Å². The van der Waals surface area contributed by atoms with Gasteiger partial charge in [0.2, 0.25) is 5.95 Å². The number of nitrogens with two attached hydrogens (primary N) is 1. The number of hydrogen-bond acceptors (Lipinski definition) is 11. The predicted molar refractivity (Wildman–Crippen MR) is 152 cm³/mol. The Balaban J connectivity index is 1.46. The van der Waals surface area contributed by atoms with Crippen molar-refractivity contribution in [2.24, 2.45) is 4.99 Å². The zero-order chi connectivity index (χ0) is 25.9. The van der Waals surface area contributed by atoms with Crippen LogP contribution < -0.4 is 20.7 Å². The highest BCUT2D eigenvalue weighted by atomic mass is 35.5. The molecule has 190 valence electrons. The van der Waals surface area contributed by atoms with Gasteiger partial charge in [0.25, 0.3) is 5.19 Å². The summed E-state index contributed by atoms with van der Waals surface area (Å²) in [6, 6.07) is 15.0. The van der Waals surface area contributed by atoms with E-state index in [0.717, 1.165) is 16.1 Å². The van der Waals surface area contributed by atoms with Crippen LogP contribution in [0.3, 0.4) is 0 Å². The molecule has 0 spiro atoms. The smallest absolute Gasteiger partial charge is 0.273 e. The predicted octanol–water partition coefficient (Wildman–Crippen LogP) is 5.92. The number of thioether (sulfide) groups is 1. The second-order valence-electron chi connectivity index (χ2n) is 7.96. The van der Waals surface area contributed by atoms with Gasteiger partial charge in [-0.1, -0.05) is 59.0 Å². The summed E-state index contributed by atoms with van der Waals surface area (Å²) >= 11 is 9.29. The van der Waals surface area contributed by atoms with Gasteiger partial charge in [-0.3, -0.25) is 4.90 Å². The molecule has 1 aliphatic rings. The van der Waals surface area contributed by atoms with Crippen LogP contribution in [-0.4, -0.2) is 37.2 Å². The van der Waals surface area contributed by atoms with E-state index in [1.807, 2.05) is 56.3 Å². The number of aliphatic imine (C=N–C) groups is 1. The number of benzene rings is 2. The summed E-state index contributed by atoms with van der Waals surface area (Å²) < 4.78 is 5.52. The highest BCUT2D eigenvalue weighted by molar-refractivity contribution is 8.14. The summed E-state index contributed by atoms with van der Waals surface area (Å²) in [5, 5.41) is 16.2. The Labute approximate surface area is 227 Å². The van der Waals surface area contributed by atoms with Crippen molar-refractivity contribution in [3.05, 3.63) is 71.5 Å². The molecule has 1 aliphatic heterocycles. The van der Waals surface area contributed by atoms with Crippen molar-refractivity contribution >= 4 is 63.0 Å². The van der Waals surface area contributed by atoms with Crippen LogP contribution in [0.5, 0.6) is 5.19 Å². The van der Waals surface area contributed by atoms with Gasteiger partial charge in [-0.25, -0.2) is 15.0 Å². The molecule has 1 unspecified atom stereocenters. The van der Waals surface area contributed by atoms with Gasteiger partial charge in [-0.05, 0) is 38.1 Å². The van der Waals surface area contributed by atoms with Crippen molar-refractivity contribution < 1.29 is 9.84 Å². The van der Waals surface area contributed by atoms with E-state index in [-0.39, 0.29) is 11.3 Å². The van der Waals surface area contributed by atoms with Crippen molar-refractivity contribution in [3.8, 4) is 15.6 Å². The molecule has 5 rings (SSSR count). The fourth-order valence-electron chi connectivity index (χ4n) is 3.83. The fraction of sp³-hybridized carbons (Fsp3) is 0.200. The quantitative estimate of drug-likeness (QED) is 0.239. The largest absolute Gasteiger partial charge is 0.470 e. The summed E-state index contributed by atoms with van der Waals surface area (Å²) in [4.78, 5) is 20.4. The number of nitrogen functional groups attached to an aromatic ring is 1. The van der Waals surface area contributed by atoms with E-state index in [0.29, 0.717) is 39.1 Å². The number of rotatable bonds is 7. The monoisotopic (exact) mass is 553 g/mol. The van der Waals surface area contributed by atoms with Crippen molar-refractivity contribution in [3.63, 3.8) is 0 Å². The molecule has 0 fully saturated rings. The average Bonchev–Trinajstić information content (AvgIpc) is 3.33. The molecule has 0 radical (unpaired) electrons. The first-order chi connectivity index (χ1) is 17.9. The number of ether oxygens (including phenoxy) is 1. The zero-order valence-electron chi connectivity index (χ0n) is 20.0. The van der Waals surface area contributed by atoms with E-state index in [1.54, 1.807) is 23.4 Å². The Morgan fingerprint density at radius 3 is 2.78 bits per heavy atom. The van der Waals surface area contributed by atoms with Crippen LogP contribution in [0.15, 0.2) is 65.9 Å². The SMILES string of the molecule is CCOc1ncc(-c2cnc(N)nc2N[C@@H](C)SC2=Nc3cccc(Cl)c3C(O)N2c2ccccc2)s1. The minimum absolute atomic E-state index is 0.151. The summed E-state index contributed by atoms with van der Waals surface area (Å²) in [5.74, 6) is 0.712. The molecular formula is C25H24ClN7O2S2. The number of nitrogens with zero attached hydrogens (tertiary/aromatic N) is 5. The first-order valence-corrected chi connectivity index (χ1v) is 13.6. The Bertz CT molecular complexity index is 1430. The number of para-hydroxylation sites is 1. The van der Waals surface area contributed by atoms with Crippen LogP contribution in [-0.2, 0) is 0 Å². The van der Waals surface area contributed by atoms with Crippen LogP contribution in [0, 0.1) is 0 Å². The van der Waals surface area contributed by atoms with E-state index in [2.05, 4.69) is 20.3 Å². The fourth-order valence-corrected chi connectivity index (χ4v) is 5.89. The number of aliphatic hydroxyl groups is 1. The van der Waals surface area contributed by atoms with Crippen LogP contribution in [0.25, 0.3) is 10.4 Å². The lowest BCUT2D eigenvalue weighted by atomic mass is 10.1. The molecule has 0 saturated carbocycles. The Morgan fingerprint density at radius 2 is 2.00 bits per heavy atom. The minimum atomic E-state index is -1.00. The van der Waals surface area contributed by atoms with E-state index in [4.69, 9.17) is 27.1 Å². The average molecular weight is 554 g/mol. The van der Waals surface area contributed by atoms with Gasteiger partial charge >= 0.3 is 0 Å². The zero-order valence-corrected chi connectivity index (χ0v) is 22.4. The third-order valence-electron chi connectivity index (χ3n) is 5.44. The molecule has 12 heteroatoms. The van der Waals surface area contributed by atoms with Gasteiger partial charge in [0.05, 0.1) is 33.1 Å².